The zero-order valence-electron chi connectivity index (χ0n) is 21.6. The van der Waals surface area contributed by atoms with Crippen LogP contribution in [-0.2, 0) is 4.74 Å². The molecule has 0 aliphatic carbocycles. The molecule has 0 radical (unpaired) electrons. The highest BCUT2D eigenvalue weighted by Gasteiger charge is 2.38. The number of carbonyl (C=O) groups excluding carboxylic acids is 1. The van der Waals surface area contributed by atoms with E-state index in [-0.39, 0.29) is 12.1 Å². The molecule has 35 heavy (non-hydrogen) atoms. The van der Waals surface area contributed by atoms with Crippen LogP contribution in [0.25, 0.3) is 28.1 Å². The molecule has 4 rings (SSSR count). The Bertz CT molecular complexity index is 1190. The van der Waals surface area contributed by atoms with Crippen LogP contribution in [0.2, 0.25) is 0 Å². The molecule has 2 unspecified atom stereocenters. The summed E-state index contributed by atoms with van der Waals surface area (Å²) in [4.78, 5) is 22.7. The van der Waals surface area contributed by atoms with Crippen molar-refractivity contribution in [3.63, 3.8) is 0 Å². The fourth-order valence-electron chi connectivity index (χ4n) is 4.62. The monoisotopic (exact) mass is 472 g/mol. The lowest BCUT2D eigenvalue weighted by molar-refractivity contribution is 0.0214. The normalized spacial score (nSPS) is 18.6. The Morgan fingerprint density at radius 1 is 1.09 bits per heavy atom. The maximum absolute atomic E-state index is 12.8. The molecule has 6 nitrogen and oxygen atoms in total. The van der Waals surface area contributed by atoms with Crippen molar-refractivity contribution in [3.8, 4) is 22.4 Å². The first-order valence-electron chi connectivity index (χ1n) is 12.3. The molecule has 1 amide bonds. The van der Waals surface area contributed by atoms with Gasteiger partial charge in [0.05, 0.1) is 17.9 Å². The van der Waals surface area contributed by atoms with E-state index in [0.29, 0.717) is 12.5 Å². The van der Waals surface area contributed by atoms with Gasteiger partial charge in [0.25, 0.3) is 0 Å². The maximum Gasteiger partial charge on any atom is 0.410 e. The molecule has 6 heteroatoms. The smallest absolute Gasteiger partial charge is 0.410 e. The number of amides is 1. The van der Waals surface area contributed by atoms with E-state index in [1.165, 1.54) is 11.1 Å². The van der Waals surface area contributed by atoms with Gasteiger partial charge in [-0.05, 0) is 62.3 Å². The molecular formula is C29H36N4O2. The number of H-pyrrole nitrogens is 1. The van der Waals surface area contributed by atoms with Crippen molar-refractivity contribution in [1.29, 1.82) is 0 Å². The minimum absolute atomic E-state index is 0.106. The van der Waals surface area contributed by atoms with E-state index in [0.717, 1.165) is 34.8 Å². The van der Waals surface area contributed by atoms with E-state index in [9.17, 15) is 4.79 Å². The third-order valence-corrected chi connectivity index (χ3v) is 6.33. The van der Waals surface area contributed by atoms with Gasteiger partial charge in [-0.1, -0.05) is 61.5 Å². The number of allylic oxidation sites excluding steroid dienone is 1. The summed E-state index contributed by atoms with van der Waals surface area (Å²) in [6.45, 7) is 10.5. The summed E-state index contributed by atoms with van der Waals surface area (Å²) < 4.78 is 5.64. The number of nitrogens with one attached hydrogen (secondary N) is 2. The first kappa shape index (κ1) is 24.6. The highest BCUT2D eigenvalue weighted by atomic mass is 16.6. The van der Waals surface area contributed by atoms with E-state index in [4.69, 9.17) is 4.74 Å². The summed E-state index contributed by atoms with van der Waals surface area (Å²) in [6, 6.07) is 16.9. The molecule has 1 aliphatic heterocycles. The predicted octanol–water partition coefficient (Wildman–Crippen LogP) is 6.64. The fraction of sp³-hybridized carbons (Fsp3) is 0.379. The number of aromatic amines is 1. The fourth-order valence-corrected chi connectivity index (χ4v) is 4.62. The van der Waals surface area contributed by atoms with E-state index in [2.05, 4.69) is 76.8 Å². The molecule has 1 aromatic heterocycles. The van der Waals surface area contributed by atoms with Crippen LogP contribution < -0.4 is 5.32 Å². The first-order chi connectivity index (χ1) is 16.7. The topological polar surface area (TPSA) is 70.2 Å². The summed E-state index contributed by atoms with van der Waals surface area (Å²) >= 11 is 0. The number of likely N-dealkylation sites (tertiary alicyclic amines) is 1. The molecule has 184 valence electrons. The van der Waals surface area contributed by atoms with E-state index < -0.39 is 5.60 Å². The molecule has 0 bridgehead atoms. The molecule has 2 atom stereocenters. The lowest BCUT2D eigenvalue weighted by Crippen LogP contribution is -2.37. The van der Waals surface area contributed by atoms with Crippen molar-refractivity contribution in [3.05, 3.63) is 72.2 Å². The van der Waals surface area contributed by atoms with Crippen LogP contribution in [0.3, 0.4) is 0 Å². The highest BCUT2D eigenvalue weighted by molar-refractivity contribution is 5.72. The number of nitrogens with zero attached hydrogens (tertiary/aromatic N) is 2. The SMILES string of the molecule is C/C=C(\NC)c1ccc(-c2ccc(-c3cnc(C4CC(C)CN4C(=O)OC(C)(C)C)[nH]3)cc2)cc1. The van der Waals surface area contributed by atoms with Crippen LogP contribution in [0.5, 0.6) is 0 Å². The Morgan fingerprint density at radius 3 is 2.26 bits per heavy atom. The third kappa shape index (κ3) is 5.59. The molecular weight excluding hydrogens is 436 g/mol. The maximum atomic E-state index is 12.8. The van der Waals surface area contributed by atoms with Crippen molar-refractivity contribution in [1.82, 2.24) is 20.2 Å². The van der Waals surface area contributed by atoms with Gasteiger partial charge in [-0.3, -0.25) is 4.90 Å². The number of hydrogen-bond donors (Lipinski definition) is 2. The zero-order chi connectivity index (χ0) is 25.2. The largest absolute Gasteiger partial charge is 0.444 e. The number of imidazole rings is 1. The third-order valence-electron chi connectivity index (χ3n) is 6.33. The molecule has 1 saturated heterocycles. The van der Waals surface area contributed by atoms with Crippen LogP contribution in [0.1, 0.15) is 58.5 Å². The molecule has 2 N–H and O–H groups in total. The average Bonchev–Trinajstić information content (AvgIpc) is 3.46. The van der Waals surface area contributed by atoms with Crippen molar-refractivity contribution < 1.29 is 9.53 Å². The van der Waals surface area contributed by atoms with Gasteiger partial charge in [0.15, 0.2) is 0 Å². The van der Waals surface area contributed by atoms with Gasteiger partial charge < -0.3 is 15.0 Å². The second-order valence-electron chi connectivity index (χ2n) is 10.3. The van der Waals surface area contributed by atoms with Crippen molar-refractivity contribution in [2.75, 3.05) is 13.6 Å². The summed E-state index contributed by atoms with van der Waals surface area (Å²) in [5, 5.41) is 3.22. The van der Waals surface area contributed by atoms with Gasteiger partial charge in [-0.15, -0.1) is 0 Å². The van der Waals surface area contributed by atoms with Gasteiger partial charge in [0.2, 0.25) is 0 Å². The summed E-state index contributed by atoms with van der Waals surface area (Å²) in [7, 11) is 1.94. The first-order valence-corrected chi connectivity index (χ1v) is 12.3. The molecule has 1 aliphatic rings. The second kappa shape index (κ2) is 9.98. The van der Waals surface area contributed by atoms with Crippen LogP contribution in [0.15, 0.2) is 60.8 Å². The van der Waals surface area contributed by atoms with Gasteiger partial charge in [0, 0.05) is 19.3 Å². The molecule has 0 saturated carbocycles. The Labute approximate surface area is 208 Å². The minimum atomic E-state index is -0.522. The predicted molar refractivity (Wildman–Crippen MR) is 142 cm³/mol. The van der Waals surface area contributed by atoms with E-state index >= 15 is 0 Å². The molecule has 2 aromatic carbocycles. The van der Waals surface area contributed by atoms with Crippen LogP contribution in [0.4, 0.5) is 4.79 Å². The van der Waals surface area contributed by atoms with Gasteiger partial charge in [-0.25, -0.2) is 9.78 Å². The number of ether oxygens (including phenoxy) is 1. The number of rotatable bonds is 5. The Kier molecular flexibility index (Phi) is 7.01. The van der Waals surface area contributed by atoms with Gasteiger partial charge in [-0.2, -0.15) is 0 Å². The van der Waals surface area contributed by atoms with Crippen LogP contribution in [-0.4, -0.2) is 40.2 Å². The zero-order valence-corrected chi connectivity index (χ0v) is 21.6. The second-order valence-corrected chi connectivity index (χ2v) is 10.3. The van der Waals surface area contributed by atoms with Crippen LogP contribution in [0, 0.1) is 5.92 Å². The molecule has 3 aromatic rings. The summed E-state index contributed by atoms with van der Waals surface area (Å²) in [5.41, 5.74) is 6.09. The van der Waals surface area contributed by atoms with Gasteiger partial charge in [0.1, 0.15) is 11.4 Å². The minimum Gasteiger partial charge on any atom is -0.444 e. The summed E-state index contributed by atoms with van der Waals surface area (Å²) in [5.74, 6) is 1.20. The van der Waals surface area contributed by atoms with Crippen molar-refractivity contribution in [2.24, 2.45) is 5.92 Å². The van der Waals surface area contributed by atoms with Crippen molar-refractivity contribution in [2.45, 2.75) is 52.7 Å². The molecule has 0 spiro atoms. The lowest BCUT2D eigenvalue weighted by atomic mass is 10.0. The van der Waals surface area contributed by atoms with E-state index in [1.54, 1.807) is 4.90 Å². The number of aromatic nitrogens is 2. The van der Waals surface area contributed by atoms with Gasteiger partial charge >= 0.3 is 6.09 Å². The number of hydrogen-bond acceptors (Lipinski definition) is 4. The van der Waals surface area contributed by atoms with Crippen molar-refractivity contribution >= 4 is 11.8 Å². The standard InChI is InChI=1S/C29H36N4O2/c1-7-24(30-6)22-12-8-20(9-13-22)21-10-14-23(15-11-21)25-17-31-27(32-25)26-16-19(2)18-33(26)28(34)35-29(3,4)5/h7-15,17,19,26,30H,16,18H2,1-6H3,(H,31,32)/b24-7-. The Morgan fingerprint density at radius 2 is 1.69 bits per heavy atom. The quantitative estimate of drug-likeness (QED) is 0.437. The Balaban J connectivity index is 1.50. The lowest BCUT2D eigenvalue weighted by Gasteiger charge is -2.27. The summed E-state index contributed by atoms with van der Waals surface area (Å²) in [6.07, 6.45) is 4.51. The van der Waals surface area contributed by atoms with E-state index in [1.807, 2.05) is 40.9 Å². The highest BCUT2D eigenvalue weighted by Crippen LogP contribution is 2.36. The average molecular weight is 473 g/mol. The Hall–Kier alpha value is -3.54. The number of benzene rings is 2. The van der Waals surface area contributed by atoms with Crippen LogP contribution >= 0.6 is 0 Å². The number of carbonyl (C=O) groups is 1. The molecule has 2 heterocycles. The molecule has 1 fully saturated rings.